The van der Waals surface area contributed by atoms with E-state index in [1.807, 2.05) is 52.0 Å². The van der Waals surface area contributed by atoms with Crippen LogP contribution in [0.25, 0.3) is 0 Å². The van der Waals surface area contributed by atoms with Gasteiger partial charge in [0.05, 0.1) is 18.0 Å². The first-order chi connectivity index (χ1) is 15.5. The third-order valence-corrected chi connectivity index (χ3v) is 7.48. The zero-order chi connectivity index (χ0) is 24.3. The number of sulfonamides is 1. The van der Waals surface area contributed by atoms with E-state index in [4.69, 9.17) is 0 Å². The van der Waals surface area contributed by atoms with Crippen molar-refractivity contribution >= 4 is 27.3 Å². The zero-order valence-corrected chi connectivity index (χ0v) is 21.5. The molecule has 2 aromatic rings. The van der Waals surface area contributed by atoms with Crippen LogP contribution in [0.5, 0.6) is 0 Å². The van der Waals surface area contributed by atoms with Gasteiger partial charge in [-0.05, 0) is 75.3 Å². The smallest absolute Gasteiger partial charge is 0.241 e. The zero-order valence-electron chi connectivity index (χ0n) is 20.7. The van der Waals surface area contributed by atoms with Gasteiger partial charge in [-0.25, -0.2) is 8.42 Å². The summed E-state index contributed by atoms with van der Waals surface area (Å²) in [5, 5.41) is 2.97. The van der Waals surface area contributed by atoms with Gasteiger partial charge in [-0.1, -0.05) is 36.8 Å². The maximum absolute atomic E-state index is 12.9. The third kappa shape index (κ3) is 6.28. The van der Waals surface area contributed by atoms with Gasteiger partial charge in [0.1, 0.15) is 6.54 Å². The maximum atomic E-state index is 12.9. The molecule has 0 bridgehead atoms. The van der Waals surface area contributed by atoms with Gasteiger partial charge in [0.25, 0.3) is 0 Å². The van der Waals surface area contributed by atoms with E-state index in [1.165, 1.54) is 22.8 Å². The summed E-state index contributed by atoms with van der Waals surface area (Å²) in [4.78, 5) is 15.3. The Morgan fingerprint density at radius 3 is 2.30 bits per heavy atom. The number of aryl methyl sites for hydroxylation is 3. The van der Waals surface area contributed by atoms with Crippen molar-refractivity contribution in [3.63, 3.8) is 0 Å². The largest absolute Gasteiger partial charge is 0.371 e. The molecule has 2 atom stereocenters. The fraction of sp³-hybridized carbons (Fsp3) is 0.500. The minimum atomic E-state index is -3.63. The molecule has 1 aliphatic heterocycles. The lowest BCUT2D eigenvalue weighted by atomic mass is 9.99. The second kappa shape index (κ2) is 10.2. The summed E-state index contributed by atoms with van der Waals surface area (Å²) in [6.07, 6.45) is 3.64. The molecule has 33 heavy (non-hydrogen) atoms. The highest BCUT2D eigenvalue weighted by Crippen LogP contribution is 2.28. The van der Waals surface area contributed by atoms with Crippen LogP contribution in [0.1, 0.15) is 55.0 Å². The first-order valence-corrected chi connectivity index (χ1v) is 13.5. The van der Waals surface area contributed by atoms with Crippen LogP contribution in [-0.4, -0.2) is 40.2 Å². The van der Waals surface area contributed by atoms with Gasteiger partial charge in [-0.15, -0.1) is 0 Å². The van der Waals surface area contributed by atoms with Crippen LogP contribution < -0.4 is 14.5 Å². The lowest BCUT2D eigenvalue weighted by Gasteiger charge is -2.33. The number of anilines is 2. The van der Waals surface area contributed by atoms with Crippen LogP contribution in [-0.2, 0) is 14.8 Å². The van der Waals surface area contributed by atoms with Crippen LogP contribution in [0, 0.1) is 26.7 Å². The number of nitrogens with zero attached hydrogens (tertiary/aromatic N) is 2. The summed E-state index contributed by atoms with van der Waals surface area (Å²) in [5.41, 5.74) is 5.50. The van der Waals surface area contributed by atoms with Gasteiger partial charge < -0.3 is 10.2 Å². The van der Waals surface area contributed by atoms with Crippen LogP contribution in [0.4, 0.5) is 11.4 Å². The highest BCUT2D eigenvalue weighted by Gasteiger charge is 2.25. The highest BCUT2D eigenvalue weighted by atomic mass is 32.2. The quantitative estimate of drug-likeness (QED) is 0.646. The Hall–Kier alpha value is -2.54. The second-order valence-electron chi connectivity index (χ2n) is 9.59. The molecular weight excluding hydrogens is 434 g/mol. The van der Waals surface area contributed by atoms with Crippen molar-refractivity contribution in [2.45, 2.75) is 53.5 Å². The predicted octanol–water partition coefficient (Wildman–Crippen LogP) is 4.49. The van der Waals surface area contributed by atoms with Crippen molar-refractivity contribution in [3.8, 4) is 0 Å². The Kier molecular flexibility index (Phi) is 7.73. The lowest BCUT2D eigenvalue weighted by Crippen LogP contribution is -2.41. The average molecular weight is 472 g/mol. The van der Waals surface area contributed by atoms with Crippen molar-refractivity contribution in [3.05, 3.63) is 58.7 Å². The number of carbonyl (C=O) groups is 1. The average Bonchev–Trinajstić information content (AvgIpc) is 2.71. The minimum Gasteiger partial charge on any atom is -0.371 e. The SMILES string of the molecule is Cc1cc(C)c(N(CC(=O)NC(C)c2ccc(N3CCCC(C)C3)cc2)S(C)(=O)=O)c(C)c1. The number of piperidine rings is 1. The summed E-state index contributed by atoms with van der Waals surface area (Å²) < 4.78 is 26.3. The van der Waals surface area contributed by atoms with E-state index in [0.29, 0.717) is 11.6 Å². The number of hydrogen-bond acceptors (Lipinski definition) is 4. The van der Waals surface area contributed by atoms with Gasteiger partial charge in [-0.3, -0.25) is 9.10 Å². The summed E-state index contributed by atoms with van der Waals surface area (Å²) in [7, 11) is -3.63. The van der Waals surface area contributed by atoms with Gasteiger partial charge in [-0.2, -0.15) is 0 Å². The number of hydrogen-bond donors (Lipinski definition) is 1. The van der Waals surface area contributed by atoms with Gasteiger partial charge in [0.15, 0.2) is 0 Å². The van der Waals surface area contributed by atoms with Gasteiger partial charge >= 0.3 is 0 Å². The first kappa shape index (κ1) is 25.1. The molecule has 2 unspecified atom stereocenters. The molecule has 1 N–H and O–H groups in total. The summed E-state index contributed by atoms with van der Waals surface area (Å²) in [6, 6.07) is 11.9. The lowest BCUT2D eigenvalue weighted by molar-refractivity contribution is -0.120. The van der Waals surface area contributed by atoms with E-state index in [0.717, 1.165) is 41.6 Å². The molecule has 2 aromatic carbocycles. The van der Waals surface area contributed by atoms with E-state index in [2.05, 4.69) is 29.3 Å². The van der Waals surface area contributed by atoms with Crippen LogP contribution >= 0.6 is 0 Å². The van der Waals surface area contributed by atoms with Crippen molar-refractivity contribution in [2.24, 2.45) is 5.92 Å². The molecule has 1 heterocycles. The molecule has 0 aliphatic carbocycles. The Morgan fingerprint density at radius 1 is 1.15 bits per heavy atom. The van der Waals surface area contributed by atoms with Crippen molar-refractivity contribution in [2.75, 3.05) is 35.1 Å². The number of benzene rings is 2. The molecule has 3 rings (SSSR count). The molecule has 1 fully saturated rings. The molecule has 7 heteroatoms. The molecule has 1 aliphatic rings. The Balaban J connectivity index is 1.71. The Labute approximate surface area is 199 Å². The van der Waals surface area contributed by atoms with E-state index in [9.17, 15) is 13.2 Å². The minimum absolute atomic E-state index is 0.228. The first-order valence-electron chi connectivity index (χ1n) is 11.7. The summed E-state index contributed by atoms with van der Waals surface area (Å²) >= 11 is 0. The summed E-state index contributed by atoms with van der Waals surface area (Å²) in [6.45, 7) is 11.8. The normalized spacial score (nSPS) is 17.5. The fourth-order valence-corrected chi connectivity index (χ4v) is 5.80. The van der Waals surface area contributed by atoms with E-state index in [1.54, 1.807) is 0 Å². The number of rotatable bonds is 7. The Morgan fingerprint density at radius 2 is 1.76 bits per heavy atom. The maximum Gasteiger partial charge on any atom is 0.241 e. The molecule has 180 valence electrons. The van der Waals surface area contributed by atoms with Gasteiger partial charge in [0.2, 0.25) is 15.9 Å². The predicted molar refractivity (Wildman–Crippen MR) is 136 cm³/mol. The van der Waals surface area contributed by atoms with E-state index < -0.39 is 10.0 Å². The molecule has 6 nitrogen and oxygen atoms in total. The van der Waals surface area contributed by atoms with E-state index >= 15 is 0 Å². The van der Waals surface area contributed by atoms with Crippen molar-refractivity contribution < 1.29 is 13.2 Å². The molecule has 1 saturated heterocycles. The summed E-state index contributed by atoms with van der Waals surface area (Å²) in [5.74, 6) is 0.372. The van der Waals surface area contributed by atoms with E-state index in [-0.39, 0.29) is 18.5 Å². The third-order valence-electron chi connectivity index (χ3n) is 6.37. The Bertz CT molecular complexity index is 1070. The molecule has 0 saturated carbocycles. The molecule has 0 spiro atoms. The molecular formula is C26H37N3O3S. The second-order valence-corrected chi connectivity index (χ2v) is 11.5. The highest BCUT2D eigenvalue weighted by molar-refractivity contribution is 7.92. The standard InChI is InChI=1S/C26H37N3O3S/c1-18-8-7-13-28(16-18)24-11-9-23(10-12-24)22(5)27-25(30)17-29(33(6,31)32)26-20(3)14-19(2)15-21(26)4/h9-12,14-15,18,22H,7-8,13,16-17H2,1-6H3,(H,27,30). The fourth-order valence-electron chi connectivity index (χ4n) is 4.83. The molecule has 0 radical (unpaired) electrons. The molecule has 0 aromatic heterocycles. The van der Waals surface area contributed by atoms with Gasteiger partial charge in [0, 0.05) is 18.8 Å². The van der Waals surface area contributed by atoms with Crippen molar-refractivity contribution in [1.82, 2.24) is 5.32 Å². The number of nitrogens with one attached hydrogen (secondary N) is 1. The molecule has 1 amide bonds. The van der Waals surface area contributed by atoms with Crippen LogP contribution in [0.3, 0.4) is 0 Å². The topological polar surface area (TPSA) is 69.7 Å². The van der Waals surface area contributed by atoms with Crippen LogP contribution in [0.2, 0.25) is 0 Å². The van der Waals surface area contributed by atoms with Crippen molar-refractivity contribution in [1.29, 1.82) is 0 Å². The monoisotopic (exact) mass is 471 g/mol. The van der Waals surface area contributed by atoms with Crippen LogP contribution in [0.15, 0.2) is 36.4 Å². The number of amides is 1. The number of carbonyl (C=O) groups excluding carboxylic acids is 1.